The van der Waals surface area contributed by atoms with Crippen molar-refractivity contribution in [2.75, 3.05) is 10.2 Å². The van der Waals surface area contributed by atoms with Gasteiger partial charge in [0.15, 0.2) is 0 Å². The number of imide groups is 1. The Labute approximate surface area is 226 Å². The van der Waals surface area contributed by atoms with E-state index in [1.54, 1.807) is 42.3 Å². The van der Waals surface area contributed by atoms with Gasteiger partial charge in [0.25, 0.3) is 0 Å². The second kappa shape index (κ2) is 8.98. The smallest absolute Gasteiger partial charge is 0.357 e. The number of rotatable bonds is 3. The second-order valence-corrected chi connectivity index (χ2v) is 10.2. The summed E-state index contributed by atoms with van der Waals surface area (Å²) in [6.45, 7) is 1.70. The summed E-state index contributed by atoms with van der Waals surface area (Å²) < 4.78 is 39.8. The molecule has 198 valence electrons. The molecule has 1 N–H and O–H groups in total. The Hall–Kier alpha value is -4.11. The van der Waals surface area contributed by atoms with E-state index in [0.29, 0.717) is 16.3 Å². The Morgan fingerprint density at radius 2 is 1.67 bits per heavy atom. The van der Waals surface area contributed by atoms with Crippen molar-refractivity contribution >= 4 is 46.8 Å². The van der Waals surface area contributed by atoms with Gasteiger partial charge in [-0.1, -0.05) is 48.0 Å². The number of hydrogen-bond donors (Lipinski definition) is 1. The maximum atomic E-state index is 14.0. The lowest BCUT2D eigenvalue weighted by Gasteiger charge is -2.35. The van der Waals surface area contributed by atoms with Crippen LogP contribution < -0.4 is 10.2 Å². The zero-order valence-electron chi connectivity index (χ0n) is 20.4. The third kappa shape index (κ3) is 3.91. The Morgan fingerprint density at radius 3 is 2.44 bits per heavy atom. The van der Waals surface area contributed by atoms with E-state index >= 15 is 0 Å². The molecule has 0 bridgehead atoms. The number of nitrogens with one attached hydrogen (secondary N) is 1. The minimum atomic E-state index is -4.59. The zero-order valence-corrected chi connectivity index (χ0v) is 21.2. The molecule has 4 unspecified atom stereocenters. The zero-order chi connectivity index (χ0) is 27.6. The summed E-state index contributed by atoms with van der Waals surface area (Å²) >= 11 is 6.29. The number of nitrogens with zero attached hydrogens (tertiary/aromatic N) is 2. The van der Waals surface area contributed by atoms with Crippen LogP contribution in [0.4, 0.5) is 24.5 Å². The molecule has 0 radical (unpaired) electrons. The number of alkyl halides is 3. The number of carbonyl (C=O) groups excluding carboxylic acids is 3. The Morgan fingerprint density at radius 1 is 0.949 bits per heavy atom. The molecule has 3 aliphatic rings. The van der Waals surface area contributed by atoms with Gasteiger partial charge in [0.05, 0.1) is 29.1 Å². The summed E-state index contributed by atoms with van der Waals surface area (Å²) in [7, 11) is 0. The topological polar surface area (TPSA) is 69.7 Å². The molecule has 3 aliphatic heterocycles. The summed E-state index contributed by atoms with van der Waals surface area (Å²) in [6.07, 6.45) is -1.12. The highest BCUT2D eigenvalue weighted by atomic mass is 35.5. The van der Waals surface area contributed by atoms with Crippen LogP contribution in [0.15, 0.2) is 72.9 Å². The maximum Gasteiger partial charge on any atom is 0.416 e. The van der Waals surface area contributed by atoms with Gasteiger partial charge >= 0.3 is 6.18 Å². The molecule has 3 aromatic carbocycles. The summed E-state index contributed by atoms with van der Waals surface area (Å²) in [5.41, 5.74) is 1.56. The SMILES string of the molecule is Cc1c(Cl)cccc1N1C(=O)C2C(C1=O)C1c3ccccc3C=CN1C2C(=O)Nc1cccc(C(F)(F)F)c1. The number of hydrogen-bond acceptors (Lipinski definition) is 4. The van der Waals surface area contributed by atoms with Gasteiger partial charge in [-0.3, -0.25) is 14.4 Å². The maximum absolute atomic E-state index is 14.0. The summed E-state index contributed by atoms with van der Waals surface area (Å²) in [5, 5.41) is 2.94. The van der Waals surface area contributed by atoms with Crippen LogP contribution in [0, 0.1) is 18.8 Å². The van der Waals surface area contributed by atoms with Crippen LogP contribution in [0.5, 0.6) is 0 Å². The molecule has 6 nitrogen and oxygen atoms in total. The number of anilines is 2. The van der Waals surface area contributed by atoms with E-state index in [9.17, 15) is 27.6 Å². The van der Waals surface area contributed by atoms with Crippen LogP contribution in [-0.4, -0.2) is 28.7 Å². The van der Waals surface area contributed by atoms with E-state index in [1.807, 2.05) is 24.3 Å². The monoisotopic (exact) mass is 551 g/mol. The van der Waals surface area contributed by atoms with Gasteiger partial charge in [-0.25, -0.2) is 4.90 Å². The molecule has 2 saturated heterocycles. The van der Waals surface area contributed by atoms with E-state index in [4.69, 9.17) is 11.6 Å². The quantitative estimate of drug-likeness (QED) is 0.416. The van der Waals surface area contributed by atoms with Gasteiger partial charge in [0, 0.05) is 16.9 Å². The fraction of sp³-hybridized carbons (Fsp3) is 0.207. The lowest BCUT2D eigenvalue weighted by Crippen LogP contribution is -2.46. The molecule has 4 atom stereocenters. The lowest BCUT2D eigenvalue weighted by molar-refractivity contribution is -0.137. The van der Waals surface area contributed by atoms with Gasteiger partial charge in [-0.05, 0) is 60.0 Å². The minimum Gasteiger partial charge on any atom is -0.357 e. The van der Waals surface area contributed by atoms with Gasteiger partial charge in [0.1, 0.15) is 6.04 Å². The summed E-state index contributed by atoms with van der Waals surface area (Å²) in [6, 6.07) is 14.9. The standard InChI is InChI=1S/C29H21ClF3N3O3/c1-15-20(30)10-5-11-21(15)36-27(38)22-23(28(36)39)25(35-13-12-16-6-2-3-9-19(16)24(22)35)26(37)34-18-8-4-7-17(14-18)29(31,32)33/h2-14,22-25H,1H3,(H,34,37). The second-order valence-electron chi connectivity index (χ2n) is 9.80. The van der Waals surface area contributed by atoms with E-state index in [1.165, 1.54) is 12.1 Å². The first-order valence-corrected chi connectivity index (χ1v) is 12.6. The highest BCUT2D eigenvalue weighted by Gasteiger charge is 2.64. The van der Waals surface area contributed by atoms with Crippen molar-refractivity contribution in [1.82, 2.24) is 4.90 Å². The average Bonchev–Trinajstić information content (AvgIpc) is 3.38. The molecule has 39 heavy (non-hydrogen) atoms. The highest BCUT2D eigenvalue weighted by molar-refractivity contribution is 6.32. The molecule has 3 aromatic rings. The number of amides is 3. The van der Waals surface area contributed by atoms with Crippen LogP contribution in [0.25, 0.3) is 6.08 Å². The molecule has 3 heterocycles. The van der Waals surface area contributed by atoms with Crippen molar-refractivity contribution < 1.29 is 27.6 Å². The van der Waals surface area contributed by atoms with Crippen molar-refractivity contribution in [2.24, 2.45) is 11.8 Å². The van der Waals surface area contributed by atoms with Crippen LogP contribution >= 0.6 is 11.6 Å². The van der Waals surface area contributed by atoms with Gasteiger partial charge < -0.3 is 10.2 Å². The lowest BCUT2D eigenvalue weighted by atomic mass is 9.84. The first-order chi connectivity index (χ1) is 18.6. The predicted molar refractivity (Wildman–Crippen MR) is 140 cm³/mol. The molecule has 2 fully saturated rings. The molecule has 3 amide bonds. The molecule has 10 heteroatoms. The summed E-state index contributed by atoms with van der Waals surface area (Å²) in [5.74, 6) is -3.65. The van der Waals surface area contributed by atoms with Crippen LogP contribution in [-0.2, 0) is 20.6 Å². The Balaban J connectivity index is 1.43. The molecule has 6 rings (SSSR count). The van der Waals surface area contributed by atoms with E-state index in [-0.39, 0.29) is 5.69 Å². The van der Waals surface area contributed by atoms with Gasteiger partial charge in [-0.2, -0.15) is 13.2 Å². The largest absolute Gasteiger partial charge is 0.416 e. The van der Waals surface area contributed by atoms with Crippen molar-refractivity contribution in [3.63, 3.8) is 0 Å². The third-order valence-corrected chi connectivity index (χ3v) is 8.08. The van der Waals surface area contributed by atoms with E-state index < -0.39 is 53.4 Å². The number of benzene rings is 3. The number of carbonyl (C=O) groups is 3. The Kier molecular flexibility index (Phi) is 5.80. The van der Waals surface area contributed by atoms with Crippen LogP contribution in [0.1, 0.15) is 28.3 Å². The molecule has 0 saturated carbocycles. The third-order valence-electron chi connectivity index (χ3n) is 7.67. The van der Waals surface area contributed by atoms with Crippen LogP contribution in [0.3, 0.4) is 0 Å². The normalized spacial score (nSPS) is 23.5. The molecule has 0 aliphatic carbocycles. The fourth-order valence-electron chi connectivity index (χ4n) is 5.92. The number of fused-ring (bicyclic) bond motifs is 5. The fourth-order valence-corrected chi connectivity index (χ4v) is 6.09. The van der Waals surface area contributed by atoms with E-state index in [0.717, 1.165) is 28.2 Å². The molecular weight excluding hydrogens is 531 g/mol. The van der Waals surface area contributed by atoms with Crippen molar-refractivity contribution in [1.29, 1.82) is 0 Å². The van der Waals surface area contributed by atoms with Crippen molar-refractivity contribution in [3.05, 3.63) is 100 Å². The predicted octanol–water partition coefficient (Wildman–Crippen LogP) is 5.82. The van der Waals surface area contributed by atoms with Gasteiger partial charge in [-0.15, -0.1) is 0 Å². The van der Waals surface area contributed by atoms with Crippen LogP contribution in [0.2, 0.25) is 5.02 Å². The minimum absolute atomic E-state index is 0.0597. The Bertz CT molecular complexity index is 1570. The van der Waals surface area contributed by atoms with Gasteiger partial charge in [0.2, 0.25) is 17.7 Å². The highest BCUT2D eigenvalue weighted by Crippen LogP contribution is 2.53. The average molecular weight is 552 g/mol. The molecular formula is C29H21ClF3N3O3. The molecule has 0 aromatic heterocycles. The molecule has 0 spiro atoms. The van der Waals surface area contributed by atoms with Crippen molar-refractivity contribution in [3.8, 4) is 0 Å². The first-order valence-electron chi connectivity index (χ1n) is 12.2. The van der Waals surface area contributed by atoms with Crippen molar-refractivity contribution in [2.45, 2.75) is 25.2 Å². The summed E-state index contributed by atoms with van der Waals surface area (Å²) in [4.78, 5) is 44.4. The van der Waals surface area contributed by atoms with E-state index in [2.05, 4.69) is 5.32 Å². The first kappa shape index (κ1) is 25.2. The number of halogens is 4.